The standard InChI is InChI=1S/C20H29BO2/c1-13-6-8-17(9-7-13)11-15(3)21-22-19(5)12-18-10-14(2)20(19,23-21)16(18)4/h6-9,14-16,18H,10-12H2,1-5H3/t14?,15-,16-,18?,19-,20?/m1/s1. The van der Waals surface area contributed by atoms with Crippen LogP contribution in [0, 0.1) is 24.7 Å². The summed E-state index contributed by atoms with van der Waals surface area (Å²) >= 11 is 0. The number of hydrogen-bond donors (Lipinski definition) is 0. The third-order valence-corrected chi connectivity index (χ3v) is 7.08. The predicted octanol–water partition coefficient (Wildman–Crippen LogP) is 4.66. The maximum atomic E-state index is 6.73. The van der Waals surface area contributed by atoms with E-state index < -0.39 is 0 Å². The molecule has 2 bridgehead atoms. The largest absolute Gasteiger partial charge is 0.461 e. The fraction of sp³-hybridized carbons (Fsp3) is 0.700. The van der Waals surface area contributed by atoms with Crippen molar-refractivity contribution in [1.82, 2.24) is 0 Å². The van der Waals surface area contributed by atoms with Gasteiger partial charge in [-0.25, -0.2) is 0 Å². The smallest absolute Gasteiger partial charge is 0.403 e. The Balaban J connectivity index is 1.53. The second-order valence-corrected chi connectivity index (χ2v) is 8.68. The van der Waals surface area contributed by atoms with Gasteiger partial charge >= 0.3 is 7.12 Å². The third kappa shape index (κ3) is 2.09. The first-order valence-corrected chi connectivity index (χ1v) is 9.27. The van der Waals surface area contributed by atoms with Gasteiger partial charge in [0.1, 0.15) is 0 Å². The molecule has 0 amide bonds. The minimum atomic E-state index is -0.0824. The van der Waals surface area contributed by atoms with E-state index in [-0.39, 0.29) is 18.3 Å². The van der Waals surface area contributed by atoms with Crippen molar-refractivity contribution in [2.75, 3.05) is 0 Å². The van der Waals surface area contributed by atoms with E-state index in [4.69, 9.17) is 9.31 Å². The lowest BCUT2D eigenvalue weighted by Gasteiger charge is -2.42. The first-order valence-electron chi connectivity index (χ1n) is 9.27. The lowest BCUT2D eigenvalue weighted by Crippen LogP contribution is -2.52. The van der Waals surface area contributed by atoms with Gasteiger partial charge in [-0.15, -0.1) is 0 Å². The van der Waals surface area contributed by atoms with Crippen LogP contribution in [0.15, 0.2) is 24.3 Å². The van der Waals surface area contributed by atoms with Gasteiger partial charge in [-0.1, -0.05) is 50.6 Å². The van der Waals surface area contributed by atoms with Crippen LogP contribution < -0.4 is 0 Å². The van der Waals surface area contributed by atoms with E-state index in [0.717, 1.165) is 12.3 Å². The molecule has 3 heteroatoms. The van der Waals surface area contributed by atoms with Crippen molar-refractivity contribution in [1.29, 1.82) is 0 Å². The van der Waals surface area contributed by atoms with Crippen LogP contribution in [0.5, 0.6) is 0 Å². The highest BCUT2D eigenvalue weighted by Gasteiger charge is 2.73. The minimum absolute atomic E-state index is 0.0517. The Kier molecular flexibility index (Phi) is 3.48. The second-order valence-electron chi connectivity index (χ2n) is 8.68. The number of aryl methyl sites for hydroxylation is 1. The van der Waals surface area contributed by atoms with Crippen LogP contribution in [0.25, 0.3) is 0 Å². The molecule has 2 saturated carbocycles. The van der Waals surface area contributed by atoms with Gasteiger partial charge in [0.25, 0.3) is 0 Å². The van der Waals surface area contributed by atoms with Crippen LogP contribution in [0.1, 0.15) is 51.7 Å². The van der Waals surface area contributed by atoms with Crippen molar-refractivity contribution < 1.29 is 9.31 Å². The number of fused-ring (bicyclic) bond motifs is 1. The molecule has 6 atom stereocenters. The quantitative estimate of drug-likeness (QED) is 0.756. The molecule has 3 aliphatic rings. The fourth-order valence-corrected chi connectivity index (χ4v) is 5.94. The Bertz CT molecular complexity index is 600. The Labute approximate surface area is 141 Å². The van der Waals surface area contributed by atoms with Gasteiger partial charge in [0.2, 0.25) is 0 Å². The molecule has 1 heterocycles. The summed E-state index contributed by atoms with van der Waals surface area (Å²) < 4.78 is 13.3. The molecule has 0 N–H and O–H groups in total. The van der Waals surface area contributed by atoms with E-state index in [1.54, 1.807) is 0 Å². The molecular formula is C20H29BO2. The number of rotatable bonds is 3. The van der Waals surface area contributed by atoms with Crippen molar-refractivity contribution in [3.8, 4) is 0 Å². The average molecular weight is 312 g/mol. The molecule has 2 nitrogen and oxygen atoms in total. The van der Waals surface area contributed by atoms with Gasteiger partial charge in [-0.05, 0) is 62.2 Å². The Hall–Kier alpha value is -0.795. The summed E-state index contributed by atoms with van der Waals surface area (Å²) in [6, 6.07) is 8.86. The second kappa shape index (κ2) is 5.10. The summed E-state index contributed by atoms with van der Waals surface area (Å²) in [6.45, 7) is 11.5. The predicted molar refractivity (Wildman–Crippen MR) is 94.4 cm³/mol. The average Bonchev–Trinajstić information content (AvgIpc) is 3.01. The molecule has 1 aromatic rings. The summed E-state index contributed by atoms with van der Waals surface area (Å²) in [5.74, 6) is 2.40. The third-order valence-electron chi connectivity index (χ3n) is 7.08. The van der Waals surface area contributed by atoms with Crippen LogP contribution in [0.4, 0.5) is 0 Å². The molecule has 2 aliphatic carbocycles. The van der Waals surface area contributed by atoms with Crippen molar-refractivity contribution in [3.63, 3.8) is 0 Å². The maximum Gasteiger partial charge on any atom is 0.461 e. The van der Waals surface area contributed by atoms with Gasteiger partial charge in [0.15, 0.2) is 0 Å². The summed E-state index contributed by atoms with van der Waals surface area (Å²) in [5, 5.41) is 0. The van der Waals surface area contributed by atoms with E-state index >= 15 is 0 Å². The highest BCUT2D eigenvalue weighted by molar-refractivity contribution is 6.47. The Morgan fingerprint density at radius 1 is 1.22 bits per heavy atom. The normalized spacial score (nSPS) is 43.0. The molecule has 1 saturated heterocycles. The van der Waals surface area contributed by atoms with Crippen molar-refractivity contribution in [2.24, 2.45) is 17.8 Å². The number of hydrogen-bond acceptors (Lipinski definition) is 2. The molecule has 4 rings (SSSR count). The molecule has 23 heavy (non-hydrogen) atoms. The zero-order valence-electron chi connectivity index (χ0n) is 15.1. The zero-order valence-corrected chi connectivity index (χ0v) is 15.1. The lowest BCUT2D eigenvalue weighted by molar-refractivity contribution is -0.0667. The highest BCUT2D eigenvalue weighted by Crippen LogP contribution is 2.66. The van der Waals surface area contributed by atoms with Crippen LogP contribution in [-0.4, -0.2) is 18.3 Å². The lowest BCUT2D eigenvalue weighted by atomic mass is 9.70. The molecule has 3 unspecified atom stereocenters. The van der Waals surface area contributed by atoms with E-state index in [1.807, 2.05) is 0 Å². The highest BCUT2D eigenvalue weighted by atomic mass is 16.7. The molecule has 1 aliphatic heterocycles. The summed E-state index contributed by atoms with van der Waals surface area (Å²) in [4.78, 5) is 0. The molecule has 0 radical (unpaired) electrons. The van der Waals surface area contributed by atoms with Gasteiger partial charge in [-0.3, -0.25) is 0 Å². The maximum absolute atomic E-state index is 6.73. The monoisotopic (exact) mass is 312 g/mol. The molecule has 3 fully saturated rings. The fourth-order valence-electron chi connectivity index (χ4n) is 5.94. The molecule has 1 aromatic carbocycles. The minimum Gasteiger partial charge on any atom is -0.403 e. The van der Waals surface area contributed by atoms with E-state index in [9.17, 15) is 0 Å². The van der Waals surface area contributed by atoms with Crippen LogP contribution in [0.3, 0.4) is 0 Å². The Morgan fingerprint density at radius 3 is 2.52 bits per heavy atom. The van der Waals surface area contributed by atoms with Crippen LogP contribution in [-0.2, 0) is 15.7 Å². The Morgan fingerprint density at radius 2 is 1.91 bits per heavy atom. The first kappa shape index (κ1) is 15.7. The zero-order chi connectivity index (χ0) is 16.4. The number of benzene rings is 1. The molecule has 124 valence electrons. The summed E-state index contributed by atoms with van der Waals surface area (Å²) in [7, 11) is -0.0646. The van der Waals surface area contributed by atoms with E-state index in [1.165, 1.54) is 24.0 Å². The molecule has 0 aromatic heterocycles. The summed E-state index contributed by atoms with van der Waals surface area (Å²) in [5.41, 5.74) is 2.56. The van der Waals surface area contributed by atoms with Crippen molar-refractivity contribution >= 4 is 7.12 Å². The van der Waals surface area contributed by atoms with Crippen LogP contribution in [0.2, 0.25) is 5.82 Å². The first-order chi connectivity index (χ1) is 10.9. The summed E-state index contributed by atoms with van der Waals surface area (Å²) in [6.07, 6.45) is 3.49. The van der Waals surface area contributed by atoms with E-state index in [2.05, 4.69) is 58.9 Å². The van der Waals surface area contributed by atoms with Crippen LogP contribution >= 0.6 is 0 Å². The SMILES string of the molecule is Cc1ccc(C[C@@H](C)B2OC34C(C)CC(C[C@@]3(C)O2)[C@H]4C)cc1. The van der Waals surface area contributed by atoms with Crippen molar-refractivity contribution in [3.05, 3.63) is 35.4 Å². The van der Waals surface area contributed by atoms with Gasteiger partial charge < -0.3 is 9.31 Å². The topological polar surface area (TPSA) is 18.5 Å². The van der Waals surface area contributed by atoms with E-state index in [0.29, 0.717) is 17.7 Å². The van der Waals surface area contributed by atoms with Gasteiger partial charge in [0, 0.05) is 0 Å². The van der Waals surface area contributed by atoms with Gasteiger partial charge in [-0.2, -0.15) is 0 Å². The van der Waals surface area contributed by atoms with Gasteiger partial charge in [0.05, 0.1) is 11.2 Å². The molecule has 1 spiro atoms. The van der Waals surface area contributed by atoms with Crippen molar-refractivity contribution in [2.45, 2.75) is 70.9 Å². The molecular weight excluding hydrogens is 283 g/mol.